The van der Waals surface area contributed by atoms with Crippen LogP contribution in [0.5, 0.6) is 0 Å². The molecule has 1 unspecified atom stereocenters. The summed E-state index contributed by atoms with van der Waals surface area (Å²) in [6.07, 6.45) is 0. The van der Waals surface area contributed by atoms with E-state index in [1.165, 1.54) is 5.56 Å². The Labute approximate surface area is 97.2 Å². The molecule has 0 aliphatic rings. The lowest BCUT2D eigenvalue weighted by Gasteiger charge is -2.20. The summed E-state index contributed by atoms with van der Waals surface area (Å²) in [5.41, 5.74) is 1.23. The zero-order valence-electron chi connectivity index (χ0n) is 9.63. The molecule has 1 atom stereocenters. The minimum Gasteiger partial charge on any atom is -0.311 e. The molecule has 0 fully saturated rings. The van der Waals surface area contributed by atoms with E-state index in [2.05, 4.69) is 37.3 Å². The van der Waals surface area contributed by atoms with Crippen LogP contribution in [-0.2, 0) is 6.54 Å². The van der Waals surface area contributed by atoms with Crippen molar-refractivity contribution in [2.24, 2.45) is 0 Å². The van der Waals surface area contributed by atoms with Gasteiger partial charge in [0.1, 0.15) is 0 Å². The largest absolute Gasteiger partial charge is 0.311 e. The SMILES string of the molecule is CC(CNCc1cccc(Cl)c1)N(C)C. The smallest absolute Gasteiger partial charge is 0.0409 e. The van der Waals surface area contributed by atoms with Crippen LogP contribution < -0.4 is 5.32 Å². The average molecular weight is 227 g/mol. The summed E-state index contributed by atoms with van der Waals surface area (Å²) < 4.78 is 0. The Morgan fingerprint density at radius 3 is 2.73 bits per heavy atom. The van der Waals surface area contributed by atoms with Gasteiger partial charge in [-0.1, -0.05) is 23.7 Å². The molecule has 2 nitrogen and oxygen atoms in total. The normalized spacial score (nSPS) is 13.1. The second-order valence-corrected chi connectivity index (χ2v) is 4.51. The molecular formula is C12H19ClN2. The first-order chi connectivity index (χ1) is 7.09. The number of likely N-dealkylation sites (N-methyl/N-ethyl adjacent to an activating group) is 1. The predicted molar refractivity (Wildman–Crippen MR) is 66.3 cm³/mol. The summed E-state index contributed by atoms with van der Waals surface area (Å²) in [6, 6.07) is 8.50. The Balaban J connectivity index is 2.32. The molecule has 0 amide bonds. The molecule has 15 heavy (non-hydrogen) atoms. The van der Waals surface area contributed by atoms with Gasteiger partial charge >= 0.3 is 0 Å². The van der Waals surface area contributed by atoms with Crippen molar-refractivity contribution in [3.8, 4) is 0 Å². The summed E-state index contributed by atoms with van der Waals surface area (Å²) in [5.74, 6) is 0. The molecule has 84 valence electrons. The van der Waals surface area contributed by atoms with Gasteiger partial charge in [-0.25, -0.2) is 0 Å². The van der Waals surface area contributed by atoms with Crippen molar-refractivity contribution in [2.75, 3.05) is 20.6 Å². The first-order valence-electron chi connectivity index (χ1n) is 5.21. The molecule has 0 aliphatic carbocycles. The Morgan fingerprint density at radius 1 is 1.40 bits per heavy atom. The van der Waals surface area contributed by atoms with Crippen molar-refractivity contribution in [1.29, 1.82) is 0 Å². The van der Waals surface area contributed by atoms with Crippen LogP contribution in [0.15, 0.2) is 24.3 Å². The van der Waals surface area contributed by atoms with Gasteiger partial charge in [0.05, 0.1) is 0 Å². The summed E-state index contributed by atoms with van der Waals surface area (Å²) in [5, 5.41) is 4.21. The highest BCUT2D eigenvalue weighted by molar-refractivity contribution is 6.30. The molecule has 0 aromatic heterocycles. The fourth-order valence-corrected chi connectivity index (χ4v) is 1.47. The topological polar surface area (TPSA) is 15.3 Å². The number of hydrogen-bond donors (Lipinski definition) is 1. The fraction of sp³-hybridized carbons (Fsp3) is 0.500. The summed E-state index contributed by atoms with van der Waals surface area (Å²) in [7, 11) is 4.18. The maximum absolute atomic E-state index is 5.90. The highest BCUT2D eigenvalue weighted by Crippen LogP contribution is 2.10. The van der Waals surface area contributed by atoms with Crippen molar-refractivity contribution in [1.82, 2.24) is 10.2 Å². The van der Waals surface area contributed by atoms with Crippen LogP contribution in [0.25, 0.3) is 0 Å². The summed E-state index contributed by atoms with van der Waals surface area (Å²) >= 11 is 5.90. The first kappa shape index (κ1) is 12.5. The molecule has 0 saturated heterocycles. The third-order valence-corrected chi connectivity index (χ3v) is 2.77. The molecule has 0 radical (unpaired) electrons. The van der Waals surface area contributed by atoms with E-state index in [-0.39, 0.29) is 0 Å². The van der Waals surface area contributed by atoms with Gasteiger partial charge in [-0.05, 0) is 38.7 Å². The van der Waals surface area contributed by atoms with E-state index in [0.717, 1.165) is 18.1 Å². The van der Waals surface area contributed by atoms with E-state index in [0.29, 0.717) is 6.04 Å². The van der Waals surface area contributed by atoms with Crippen molar-refractivity contribution in [2.45, 2.75) is 19.5 Å². The lowest BCUT2D eigenvalue weighted by Crippen LogP contribution is -2.35. The van der Waals surface area contributed by atoms with E-state index in [4.69, 9.17) is 11.6 Å². The van der Waals surface area contributed by atoms with Gasteiger partial charge in [0.15, 0.2) is 0 Å². The van der Waals surface area contributed by atoms with Crippen LogP contribution >= 0.6 is 11.6 Å². The monoisotopic (exact) mass is 226 g/mol. The van der Waals surface area contributed by atoms with Gasteiger partial charge in [0.25, 0.3) is 0 Å². The Kier molecular flexibility index (Phi) is 5.09. The summed E-state index contributed by atoms with van der Waals surface area (Å²) in [6.45, 7) is 4.06. The van der Waals surface area contributed by atoms with Crippen LogP contribution in [0.4, 0.5) is 0 Å². The van der Waals surface area contributed by atoms with E-state index in [9.17, 15) is 0 Å². The maximum Gasteiger partial charge on any atom is 0.0409 e. The fourth-order valence-electron chi connectivity index (χ4n) is 1.25. The molecule has 1 N–H and O–H groups in total. The number of hydrogen-bond acceptors (Lipinski definition) is 2. The minimum atomic E-state index is 0.546. The van der Waals surface area contributed by atoms with Crippen LogP contribution in [-0.4, -0.2) is 31.6 Å². The van der Waals surface area contributed by atoms with Crippen LogP contribution in [0.3, 0.4) is 0 Å². The maximum atomic E-state index is 5.90. The average Bonchev–Trinajstić information content (AvgIpc) is 2.17. The van der Waals surface area contributed by atoms with Gasteiger partial charge in [-0.15, -0.1) is 0 Å². The van der Waals surface area contributed by atoms with Crippen LogP contribution in [0, 0.1) is 0 Å². The lowest BCUT2D eigenvalue weighted by molar-refractivity contribution is 0.302. The third-order valence-electron chi connectivity index (χ3n) is 2.54. The van der Waals surface area contributed by atoms with Crippen LogP contribution in [0.1, 0.15) is 12.5 Å². The number of nitrogens with one attached hydrogen (secondary N) is 1. The highest BCUT2D eigenvalue weighted by atomic mass is 35.5. The van der Waals surface area contributed by atoms with Gasteiger partial charge in [-0.3, -0.25) is 0 Å². The van der Waals surface area contributed by atoms with Gasteiger partial charge in [0, 0.05) is 24.2 Å². The molecule has 1 rings (SSSR count). The number of rotatable bonds is 5. The van der Waals surface area contributed by atoms with Crippen LogP contribution in [0.2, 0.25) is 5.02 Å². The van der Waals surface area contributed by atoms with Gasteiger partial charge in [0.2, 0.25) is 0 Å². The Morgan fingerprint density at radius 2 is 2.13 bits per heavy atom. The number of halogens is 1. The Hall–Kier alpha value is -0.570. The summed E-state index contributed by atoms with van der Waals surface area (Å²) in [4.78, 5) is 2.20. The predicted octanol–water partition coefficient (Wildman–Crippen LogP) is 2.38. The molecule has 0 heterocycles. The van der Waals surface area contributed by atoms with Crippen molar-refractivity contribution >= 4 is 11.6 Å². The minimum absolute atomic E-state index is 0.546. The van der Waals surface area contributed by atoms with Crippen molar-refractivity contribution in [3.63, 3.8) is 0 Å². The van der Waals surface area contributed by atoms with E-state index in [1.54, 1.807) is 0 Å². The standard InChI is InChI=1S/C12H19ClN2/c1-10(15(2)3)8-14-9-11-5-4-6-12(13)7-11/h4-7,10,14H,8-9H2,1-3H3. The number of benzene rings is 1. The molecule has 3 heteroatoms. The second kappa shape index (κ2) is 6.11. The molecule has 0 saturated carbocycles. The highest BCUT2D eigenvalue weighted by Gasteiger charge is 2.02. The van der Waals surface area contributed by atoms with Crippen molar-refractivity contribution in [3.05, 3.63) is 34.9 Å². The molecule has 1 aromatic rings. The number of nitrogens with zero attached hydrogens (tertiary/aromatic N) is 1. The first-order valence-corrected chi connectivity index (χ1v) is 5.59. The van der Waals surface area contributed by atoms with Gasteiger partial charge in [-0.2, -0.15) is 0 Å². The quantitative estimate of drug-likeness (QED) is 0.830. The molecule has 1 aromatic carbocycles. The van der Waals surface area contributed by atoms with Gasteiger partial charge < -0.3 is 10.2 Å². The van der Waals surface area contributed by atoms with E-state index >= 15 is 0 Å². The molecule has 0 spiro atoms. The zero-order chi connectivity index (χ0) is 11.3. The molecule has 0 bridgehead atoms. The second-order valence-electron chi connectivity index (χ2n) is 4.07. The van der Waals surface area contributed by atoms with Crippen molar-refractivity contribution < 1.29 is 0 Å². The third kappa shape index (κ3) is 4.65. The Bertz CT molecular complexity index is 299. The molecule has 0 aliphatic heterocycles. The van der Waals surface area contributed by atoms with E-state index < -0.39 is 0 Å². The van der Waals surface area contributed by atoms with E-state index in [1.807, 2.05) is 18.2 Å². The zero-order valence-corrected chi connectivity index (χ0v) is 10.4. The lowest BCUT2D eigenvalue weighted by atomic mass is 10.2. The molecular weight excluding hydrogens is 208 g/mol.